The van der Waals surface area contributed by atoms with Gasteiger partial charge in [0, 0.05) is 16.5 Å². The van der Waals surface area contributed by atoms with E-state index in [1.165, 1.54) is 18.3 Å². The first-order chi connectivity index (χ1) is 13.0. The maximum atomic E-state index is 13.2. The summed E-state index contributed by atoms with van der Waals surface area (Å²) >= 11 is 1.58. The Kier molecular flexibility index (Phi) is 6.05. The van der Waals surface area contributed by atoms with E-state index in [2.05, 4.69) is 10.3 Å². The molecule has 1 N–H and O–H groups in total. The van der Waals surface area contributed by atoms with E-state index in [1.807, 2.05) is 30.5 Å². The van der Waals surface area contributed by atoms with Crippen LogP contribution in [0.25, 0.3) is 0 Å². The van der Waals surface area contributed by atoms with Crippen LogP contribution in [0.3, 0.4) is 0 Å². The van der Waals surface area contributed by atoms with Crippen LogP contribution in [0.2, 0.25) is 0 Å². The quantitative estimate of drug-likeness (QED) is 0.618. The van der Waals surface area contributed by atoms with Crippen molar-refractivity contribution in [2.45, 2.75) is 4.90 Å². The molecule has 138 valence electrons. The lowest BCUT2D eigenvalue weighted by molar-refractivity contribution is 0.102. The Morgan fingerprint density at radius 2 is 1.85 bits per heavy atom. The molecule has 0 saturated carbocycles. The second kappa shape index (κ2) is 8.66. The zero-order valence-corrected chi connectivity index (χ0v) is 15.7. The summed E-state index contributed by atoms with van der Waals surface area (Å²) in [7, 11) is 3.91. The number of halogens is 1. The zero-order valence-electron chi connectivity index (χ0n) is 14.8. The zero-order chi connectivity index (χ0) is 19.2. The van der Waals surface area contributed by atoms with Gasteiger partial charge in [0.1, 0.15) is 23.1 Å². The maximum Gasteiger partial charge on any atom is 0.256 e. The Bertz CT molecular complexity index is 915. The molecule has 3 rings (SSSR count). The smallest absolute Gasteiger partial charge is 0.256 e. The van der Waals surface area contributed by atoms with Crippen LogP contribution in [0.1, 0.15) is 10.4 Å². The average Bonchev–Trinajstić information content (AvgIpc) is 2.63. The fourth-order valence-corrected chi connectivity index (χ4v) is 2.93. The highest BCUT2D eigenvalue weighted by molar-refractivity contribution is 7.97. The fraction of sp³-hybridized carbons (Fsp3) is 0.100. The van der Waals surface area contributed by atoms with Crippen molar-refractivity contribution >= 4 is 23.7 Å². The van der Waals surface area contributed by atoms with Crippen LogP contribution in [0, 0.1) is 5.82 Å². The lowest BCUT2D eigenvalue weighted by Gasteiger charge is -2.09. The number of anilines is 1. The molecule has 0 aliphatic rings. The summed E-state index contributed by atoms with van der Waals surface area (Å²) in [6, 6.07) is 16.4. The number of nitrogens with one attached hydrogen (secondary N) is 1. The van der Waals surface area contributed by atoms with Crippen LogP contribution in [0.5, 0.6) is 11.5 Å². The molecule has 0 saturated heterocycles. The first kappa shape index (κ1) is 18.9. The largest absolute Gasteiger partial charge is 0.456 e. The summed E-state index contributed by atoms with van der Waals surface area (Å²) in [5.74, 6) is 0.605. The van der Waals surface area contributed by atoms with Gasteiger partial charge >= 0.3 is 0 Å². The molecule has 0 spiro atoms. The molecule has 3 aromatic rings. The number of nitrogens with zero attached hydrogens (tertiary/aromatic N) is 2. The standard InChI is InChI=1S/C20H18FN3O2S/c1-24(2)27-18-9-6-14(7-10-18)20(25)23-19-11-8-17(13-22-19)26-16-5-3-4-15(21)12-16/h3-13H,1-2H3,(H,22,23,25). The molecule has 2 aromatic carbocycles. The van der Waals surface area contributed by atoms with Gasteiger partial charge in [-0.15, -0.1) is 0 Å². The molecule has 0 aliphatic heterocycles. The van der Waals surface area contributed by atoms with Gasteiger partial charge in [0.15, 0.2) is 0 Å². The second-order valence-electron chi connectivity index (χ2n) is 5.82. The van der Waals surface area contributed by atoms with Crippen LogP contribution in [0.4, 0.5) is 10.2 Å². The molecule has 0 fully saturated rings. The van der Waals surface area contributed by atoms with Gasteiger partial charge in [-0.1, -0.05) is 6.07 Å². The van der Waals surface area contributed by atoms with E-state index in [0.29, 0.717) is 22.9 Å². The fourth-order valence-electron chi connectivity index (χ4n) is 2.25. The average molecular weight is 383 g/mol. The predicted octanol–water partition coefficient (Wildman–Crippen LogP) is 4.83. The molecule has 1 aromatic heterocycles. The summed E-state index contributed by atoms with van der Waals surface area (Å²) < 4.78 is 20.7. The third kappa shape index (κ3) is 5.54. The third-order valence-corrected chi connectivity index (χ3v) is 4.26. The molecule has 7 heteroatoms. The van der Waals surface area contributed by atoms with Crippen LogP contribution >= 0.6 is 11.9 Å². The Morgan fingerprint density at radius 3 is 2.48 bits per heavy atom. The topological polar surface area (TPSA) is 54.5 Å². The molecule has 0 radical (unpaired) electrons. The van der Waals surface area contributed by atoms with E-state index < -0.39 is 0 Å². The monoisotopic (exact) mass is 383 g/mol. The van der Waals surface area contributed by atoms with E-state index in [9.17, 15) is 9.18 Å². The van der Waals surface area contributed by atoms with Crippen molar-refractivity contribution in [1.29, 1.82) is 0 Å². The Balaban J connectivity index is 1.61. The lowest BCUT2D eigenvalue weighted by Crippen LogP contribution is -2.12. The van der Waals surface area contributed by atoms with Crippen molar-refractivity contribution < 1.29 is 13.9 Å². The summed E-state index contributed by atoms with van der Waals surface area (Å²) in [6.07, 6.45) is 1.47. The van der Waals surface area contributed by atoms with Crippen molar-refractivity contribution in [3.8, 4) is 11.5 Å². The highest BCUT2D eigenvalue weighted by Crippen LogP contribution is 2.23. The van der Waals surface area contributed by atoms with Gasteiger partial charge in [0.25, 0.3) is 5.91 Å². The van der Waals surface area contributed by atoms with E-state index >= 15 is 0 Å². The van der Waals surface area contributed by atoms with Gasteiger partial charge in [0.05, 0.1) is 6.20 Å². The summed E-state index contributed by atoms with van der Waals surface area (Å²) in [5.41, 5.74) is 0.542. The third-order valence-electron chi connectivity index (χ3n) is 3.41. The highest BCUT2D eigenvalue weighted by atomic mass is 32.2. The first-order valence-corrected chi connectivity index (χ1v) is 8.93. The minimum atomic E-state index is -0.376. The van der Waals surface area contributed by atoms with Gasteiger partial charge < -0.3 is 10.1 Å². The SMILES string of the molecule is CN(C)Sc1ccc(C(=O)Nc2ccc(Oc3cccc(F)c3)cn2)cc1. The second-order valence-corrected chi connectivity index (χ2v) is 7.21. The number of carbonyl (C=O) groups excluding carboxylic acids is 1. The number of hydrogen-bond acceptors (Lipinski definition) is 5. The predicted molar refractivity (Wildman–Crippen MR) is 105 cm³/mol. The van der Waals surface area contributed by atoms with Gasteiger partial charge in [-0.25, -0.2) is 9.37 Å². The van der Waals surface area contributed by atoms with Gasteiger partial charge in [0.2, 0.25) is 0 Å². The van der Waals surface area contributed by atoms with Crippen molar-refractivity contribution in [2.24, 2.45) is 0 Å². The maximum absolute atomic E-state index is 13.2. The summed E-state index contributed by atoms with van der Waals surface area (Å²) in [5, 5.41) is 2.74. The van der Waals surface area contributed by atoms with Crippen molar-refractivity contribution in [3.05, 3.63) is 78.2 Å². The molecule has 0 aliphatic carbocycles. The van der Waals surface area contributed by atoms with Crippen LogP contribution in [-0.4, -0.2) is 29.3 Å². The van der Waals surface area contributed by atoms with Gasteiger partial charge in [-0.05, 0) is 74.6 Å². The minimum Gasteiger partial charge on any atom is -0.456 e. The Labute approximate surface area is 161 Å². The van der Waals surface area contributed by atoms with Crippen LogP contribution < -0.4 is 10.1 Å². The number of carbonyl (C=O) groups is 1. The Hall–Kier alpha value is -2.90. The molecular formula is C20H18FN3O2S. The van der Waals surface area contributed by atoms with E-state index in [0.717, 1.165) is 4.90 Å². The highest BCUT2D eigenvalue weighted by Gasteiger charge is 2.08. The van der Waals surface area contributed by atoms with E-state index in [4.69, 9.17) is 4.74 Å². The van der Waals surface area contributed by atoms with Gasteiger partial charge in [-0.2, -0.15) is 0 Å². The minimum absolute atomic E-state index is 0.247. The molecule has 0 bridgehead atoms. The number of pyridine rings is 1. The van der Waals surface area contributed by atoms with E-state index in [-0.39, 0.29) is 11.7 Å². The number of rotatable bonds is 6. The summed E-state index contributed by atoms with van der Waals surface area (Å²) in [4.78, 5) is 17.5. The Morgan fingerprint density at radius 1 is 1.07 bits per heavy atom. The van der Waals surface area contributed by atoms with Crippen molar-refractivity contribution in [1.82, 2.24) is 9.29 Å². The number of hydrogen-bond donors (Lipinski definition) is 1. The first-order valence-electron chi connectivity index (χ1n) is 8.16. The normalized spacial score (nSPS) is 10.7. The number of ether oxygens (including phenoxy) is 1. The number of aromatic nitrogens is 1. The van der Waals surface area contributed by atoms with Crippen LogP contribution in [0.15, 0.2) is 71.8 Å². The van der Waals surface area contributed by atoms with E-state index in [1.54, 1.807) is 48.3 Å². The number of benzene rings is 2. The molecular weight excluding hydrogens is 365 g/mol. The molecule has 0 unspecified atom stereocenters. The molecule has 0 atom stereocenters. The molecule has 27 heavy (non-hydrogen) atoms. The molecule has 1 amide bonds. The molecule has 1 heterocycles. The molecule has 5 nitrogen and oxygen atoms in total. The summed E-state index contributed by atoms with van der Waals surface area (Å²) in [6.45, 7) is 0. The number of amides is 1. The van der Waals surface area contributed by atoms with Crippen molar-refractivity contribution in [2.75, 3.05) is 19.4 Å². The van der Waals surface area contributed by atoms with Crippen LogP contribution in [-0.2, 0) is 0 Å². The van der Waals surface area contributed by atoms with Crippen molar-refractivity contribution in [3.63, 3.8) is 0 Å². The lowest BCUT2D eigenvalue weighted by atomic mass is 10.2. The van der Waals surface area contributed by atoms with Gasteiger partial charge in [-0.3, -0.25) is 9.10 Å².